The van der Waals surface area contributed by atoms with Crippen LogP contribution in [0.5, 0.6) is 17.2 Å². The third kappa shape index (κ3) is 3.33. The van der Waals surface area contributed by atoms with Gasteiger partial charge in [0, 0.05) is 12.1 Å². The van der Waals surface area contributed by atoms with E-state index in [0.29, 0.717) is 12.0 Å². The molecule has 0 atom stereocenters. The summed E-state index contributed by atoms with van der Waals surface area (Å²) < 4.78 is 30.9. The van der Waals surface area contributed by atoms with Crippen LogP contribution in [-0.2, 0) is 6.42 Å². The summed E-state index contributed by atoms with van der Waals surface area (Å²) in [5.74, 6) is -3.10. The first-order valence-electron chi connectivity index (χ1n) is 6.58. The van der Waals surface area contributed by atoms with E-state index in [1.807, 2.05) is 0 Å². The van der Waals surface area contributed by atoms with Crippen molar-refractivity contribution in [3.05, 3.63) is 53.1 Å². The van der Waals surface area contributed by atoms with Crippen LogP contribution in [0.15, 0.2) is 30.3 Å². The average molecular weight is 308 g/mol. The first kappa shape index (κ1) is 15.8. The Morgan fingerprint density at radius 2 is 1.82 bits per heavy atom. The summed E-state index contributed by atoms with van der Waals surface area (Å²) in [6, 6.07) is 5.38. The molecule has 0 saturated carbocycles. The van der Waals surface area contributed by atoms with Crippen LogP contribution >= 0.6 is 0 Å². The van der Waals surface area contributed by atoms with Crippen LogP contribution in [0.4, 0.5) is 8.78 Å². The lowest BCUT2D eigenvalue weighted by Crippen LogP contribution is -2.12. The van der Waals surface area contributed by atoms with Crippen LogP contribution in [0, 0.1) is 11.6 Å². The van der Waals surface area contributed by atoms with Gasteiger partial charge < -0.3 is 14.9 Å². The van der Waals surface area contributed by atoms with E-state index in [9.17, 15) is 23.8 Å². The van der Waals surface area contributed by atoms with Gasteiger partial charge in [-0.3, -0.25) is 4.79 Å². The highest BCUT2D eigenvalue weighted by Gasteiger charge is 2.15. The largest absolute Gasteiger partial charge is 0.508 e. The van der Waals surface area contributed by atoms with E-state index in [0.717, 1.165) is 18.2 Å². The number of ether oxygens (including phenoxy) is 1. The van der Waals surface area contributed by atoms with Crippen LogP contribution in [0.25, 0.3) is 0 Å². The maximum absolute atomic E-state index is 13.0. The van der Waals surface area contributed by atoms with Gasteiger partial charge in [0.2, 0.25) is 5.78 Å². The molecule has 22 heavy (non-hydrogen) atoms. The first-order valence-corrected chi connectivity index (χ1v) is 6.58. The summed E-state index contributed by atoms with van der Waals surface area (Å²) in [4.78, 5) is 12.0. The molecule has 2 N–H and O–H groups in total. The van der Waals surface area contributed by atoms with Gasteiger partial charge in [0.25, 0.3) is 0 Å². The van der Waals surface area contributed by atoms with Crippen molar-refractivity contribution in [3.63, 3.8) is 0 Å². The third-order valence-corrected chi connectivity index (χ3v) is 3.14. The fraction of sp³-hybridized carbons (Fsp3) is 0.188. The maximum atomic E-state index is 13.0. The van der Waals surface area contributed by atoms with Crippen LogP contribution in [-0.4, -0.2) is 22.6 Å². The Bertz CT molecular complexity index is 714. The van der Waals surface area contributed by atoms with Crippen molar-refractivity contribution >= 4 is 5.78 Å². The van der Waals surface area contributed by atoms with Gasteiger partial charge in [-0.25, -0.2) is 8.78 Å². The maximum Gasteiger partial charge on any atom is 0.203 e. The van der Waals surface area contributed by atoms with Gasteiger partial charge in [-0.15, -0.1) is 0 Å². The number of Topliss-reactive ketones (excluding diaryl/α,β-unsaturated/α-hetero) is 1. The van der Waals surface area contributed by atoms with Gasteiger partial charge in [0.1, 0.15) is 17.2 Å². The number of benzene rings is 2. The molecule has 0 unspecified atom stereocenters. The molecule has 0 aromatic heterocycles. The molecule has 0 bridgehead atoms. The zero-order chi connectivity index (χ0) is 16.3. The highest BCUT2D eigenvalue weighted by molar-refractivity contribution is 6.00. The summed E-state index contributed by atoms with van der Waals surface area (Å²) in [6.07, 6.45) is 0.483. The van der Waals surface area contributed by atoms with E-state index < -0.39 is 24.0 Å². The molecule has 2 rings (SSSR count). The summed E-state index contributed by atoms with van der Waals surface area (Å²) in [7, 11) is 0. The monoisotopic (exact) mass is 308 g/mol. The second-order valence-electron chi connectivity index (χ2n) is 4.64. The summed E-state index contributed by atoms with van der Waals surface area (Å²) in [5.41, 5.74) is 0.506. The fourth-order valence-electron chi connectivity index (χ4n) is 1.92. The van der Waals surface area contributed by atoms with Gasteiger partial charge in [0.15, 0.2) is 18.2 Å². The number of carbonyl (C=O) groups is 1. The molecule has 0 radical (unpaired) electrons. The van der Waals surface area contributed by atoms with E-state index in [1.165, 1.54) is 12.1 Å². The predicted octanol–water partition coefficient (Wildman–Crippen LogP) is 3.20. The number of halogens is 2. The van der Waals surface area contributed by atoms with Gasteiger partial charge in [0.05, 0.1) is 5.56 Å². The summed E-state index contributed by atoms with van der Waals surface area (Å²) in [5, 5.41) is 19.3. The quantitative estimate of drug-likeness (QED) is 0.832. The highest BCUT2D eigenvalue weighted by Crippen LogP contribution is 2.28. The molecule has 0 saturated heterocycles. The van der Waals surface area contributed by atoms with Crippen molar-refractivity contribution in [1.82, 2.24) is 0 Å². The lowest BCUT2D eigenvalue weighted by molar-refractivity contribution is 0.0918. The number of ketones is 1. The second kappa shape index (κ2) is 6.43. The Kier molecular flexibility index (Phi) is 4.60. The number of phenolic OH excluding ortho intramolecular Hbond substituents is 2. The van der Waals surface area contributed by atoms with Crippen molar-refractivity contribution in [3.8, 4) is 17.2 Å². The summed E-state index contributed by atoms with van der Waals surface area (Å²) in [6.45, 7) is 1.34. The standard InChI is InChI=1S/C16H14F2O4/c1-2-9-5-11(15(20)7-14(9)19)16(21)8-22-10-3-4-12(17)13(18)6-10/h3-7,19-20H,2,8H2,1H3. The van der Waals surface area contributed by atoms with Crippen molar-refractivity contribution in [2.24, 2.45) is 0 Å². The number of carbonyl (C=O) groups excluding carboxylic acids is 1. The molecule has 2 aromatic rings. The lowest BCUT2D eigenvalue weighted by Gasteiger charge is -2.09. The topological polar surface area (TPSA) is 66.8 Å². The molecule has 0 aliphatic carbocycles. The molecule has 116 valence electrons. The van der Waals surface area contributed by atoms with Crippen molar-refractivity contribution in [2.75, 3.05) is 6.61 Å². The van der Waals surface area contributed by atoms with E-state index in [2.05, 4.69) is 0 Å². The molecule has 0 heterocycles. The zero-order valence-electron chi connectivity index (χ0n) is 11.8. The SMILES string of the molecule is CCc1cc(C(=O)COc2ccc(F)c(F)c2)c(O)cc1O. The lowest BCUT2D eigenvalue weighted by atomic mass is 10.0. The number of aromatic hydroxyl groups is 2. The van der Waals surface area contributed by atoms with Crippen molar-refractivity contribution in [2.45, 2.75) is 13.3 Å². The zero-order valence-corrected chi connectivity index (χ0v) is 11.8. The fourth-order valence-corrected chi connectivity index (χ4v) is 1.92. The van der Waals surface area contributed by atoms with E-state index in [4.69, 9.17) is 4.74 Å². The number of rotatable bonds is 5. The first-order chi connectivity index (χ1) is 10.4. The number of phenols is 2. The third-order valence-electron chi connectivity index (χ3n) is 3.14. The summed E-state index contributed by atoms with van der Waals surface area (Å²) >= 11 is 0. The van der Waals surface area contributed by atoms with Gasteiger partial charge in [-0.05, 0) is 30.2 Å². The Labute approximate surface area is 125 Å². The Balaban J connectivity index is 2.14. The number of aryl methyl sites for hydroxylation is 1. The smallest absolute Gasteiger partial charge is 0.203 e. The van der Waals surface area contributed by atoms with Gasteiger partial charge in [-0.2, -0.15) is 0 Å². The molecule has 0 aliphatic heterocycles. The molecule has 0 amide bonds. The minimum atomic E-state index is -1.08. The number of hydrogen-bond donors (Lipinski definition) is 2. The van der Waals surface area contributed by atoms with Crippen LogP contribution in [0.1, 0.15) is 22.8 Å². The van der Waals surface area contributed by atoms with Crippen LogP contribution in [0.2, 0.25) is 0 Å². The Hall–Kier alpha value is -2.63. The normalized spacial score (nSPS) is 10.5. The van der Waals surface area contributed by atoms with Gasteiger partial charge >= 0.3 is 0 Å². The predicted molar refractivity (Wildman–Crippen MR) is 75.3 cm³/mol. The molecular formula is C16H14F2O4. The molecule has 6 heteroatoms. The van der Waals surface area contributed by atoms with Crippen LogP contribution in [0.3, 0.4) is 0 Å². The molecule has 0 fully saturated rings. The second-order valence-corrected chi connectivity index (χ2v) is 4.64. The van der Waals surface area contributed by atoms with Crippen LogP contribution < -0.4 is 4.74 Å². The van der Waals surface area contributed by atoms with E-state index in [-0.39, 0.29) is 22.8 Å². The van der Waals surface area contributed by atoms with Crippen molar-refractivity contribution in [1.29, 1.82) is 0 Å². The highest BCUT2D eigenvalue weighted by atomic mass is 19.2. The Morgan fingerprint density at radius 3 is 2.45 bits per heavy atom. The van der Waals surface area contributed by atoms with E-state index in [1.54, 1.807) is 6.92 Å². The Morgan fingerprint density at radius 1 is 1.09 bits per heavy atom. The average Bonchev–Trinajstić information content (AvgIpc) is 2.48. The van der Waals surface area contributed by atoms with Gasteiger partial charge in [-0.1, -0.05) is 6.92 Å². The van der Waals surface area contributed by atoms with E-state index >= 15 is 0 Å². The molecular weight excluding hydrogens is 294 g/mol. The number of hydrogen-bond acceptors (Lipinski definition) is 4. The minimum absolute atomic E-state index is 0.00114. The van der Waals surface area contributed by atoms with Crippen molar-refractivity contribution < 1.29 is 28.5 Å². The molecule has 4 nitrogen and oxygen atoms in total. The molecule has 0 aliphatic rings. The molecule has 0 spiro atoms. The minimum Gasteiger partial charge on any atom is -0.508 e. The molecule has 2 aromatic carbocycles.